The number of aromatic nitrogens is 5. The first kappa shape index (κ1) is 17.2. The van der Waals surface area contributed by atoms with Crippen LogP contribution in [0.1, 0.15) is 48.6 Å². The van der Waals surface area contributed by atoms with Gasteiger partial charge in [0, 0.05) is 17.1 Å². The number of aromatic amines is 1. The molecular weight excluding hydrogens is 367 g/mol. The van der Waals surface area contributed by atoms with Crippen LogP contribution in [0.5, 0.6) is 0 Å². The molecule has 1 N–H and O–H groups in total. The zero-order valence-electron chi connectivity index (χ0n) is 15.2. The molecule has 4 aromatic rings. The van der Waals surface area contributed by atoms with Gasteiger partial charge >= 0.3 is 6.18 Å². The van der Waals surface area contributed by atoms with E-state index in [4.69, 9.17) is 0 Å². The molecule has 144 valence electrons. The molecule has 0 atom stereocenters. The van der Waals surface area contributed by atoms with Crippen molar-refractivity contribution in [3.63, 3.8) is 0 Å². The van der Waals surface area contributed by atoms with Gasteiger partial charge in [0.05, 0.1) is 11.7 Å². The maximum Gasteiger partial charge on any atom is 0.453 e. The number of H-pyrrole nitrogens is 1. The smallest absolute Gasteiger partial charge is 0.278 e. The van der Waals surface area contributed by atoms with Crippen molar-refractivity contribution in [1.29, 1.82) is 0 Å². The molecule has 1 saturated carbocycles. The van der Waals surface area contributed by atoms with Crippen molar-refractivity contribution < 1.29 is 13.2 Å². The number of hydrogen-bond donors (Lipinski definition) is 1. The molecule has 1 aliphatic carbocycles. The van der Waals surface area contributed by atoms with E-state index in [-0.39, 0.29) is 5.65 Å². The fourth-order valence-corrected chi connectivity index (χ4v) is 4.33. The molecular formula is C20H18F3N5. The Morgan fingerprint density at radius 3 is 2.71 bits per heavy atom. The summed E-state index contributed by atoms with van der Waals surface area (Å²) in [6, 6.07) is 5.85. The predicted octanol–water partition coefficient (Wildman–Crippen LogP) is 5.26. The highest BCUT2D eigenvalue weighted by Crippen LogP contribution is 2.42. The van der Waals surface area contributed by atoms with Gasteiger partial charge in [0.25, 0.3) is 5.82 Å². The second-order valence-corrected chi connectivity index (χ2v) is 7.46. The molecule has 8 heteroatoms. The van der Waals surface area contributed by atoms with Crippen LogP contribution in [0.4, 0.5) is 13.2 Å². The van der Waals surface area contributed by atoms with Crippen LogP contribution in [0.25, 0.3) is 27.7 Å². The van der Waals surface area contributed by atoms with Gasteiger partial charge in [-0.3, -0.25) is 5.10 Å². The van der Waals surface area contributed by atoms with E-state index in [0.29, 0.717) is 5.92 Å². The van der Waals surface area contributed by atoms with E-state index >= 15 is 0 Å². The fraction of sp³-hybridized carbons (Fsp3) is 0.350. The highest BCUT2D eigenvalue weighted by Gasteiger charge is 2.37. The molecule has 1 aliphatic rings. The van der Waals surface area contributed by atoms with Gasteiger partial charge in [-0.05, 0) is 60.6 Å². The number of pyridine rings is 1. The number of rotatable bonds is 2. The zero-order valence-corrected chi connectivity index (χ0v) is 15.2. The third-order valence-electron chi connectivity index (χ3n) is 5.62. The normalized spacial score (nSPS) is 15.9. The molecule has 1 aromatic carbocycles. The number of fused-ring (bicyclic) bond motifs is 2. The highest BCUT2D eigenvalue weighted by molar-refractivity contribution is 5.91. The van der Waals surface area contributed by atoms with Gasteiger partial charge in [0.2, 0.25) is 0 Å². The third kappa shape index (κ3) is 2.66. The standard InChI is InChI=1S/C20H18F3N5/c1-11-8-13(9-14-10-24-26-17(11)14)16-15(12-4-2-3-5-12)6-7-28-18(16)25-19(27-28)20(21,22)23/h6-10,12H,2-5H2,1H3,(H,24,26). The Kier molecular flexibility index (Phi) is 3.72. The van der Waals surface area contributed by atoms with E-state index < -0.39 is 12.0 Å². The highest BCUT2D eigenvalue weighted by atomic mass is 19.4. The molecule has 0 aliphatic heterocycles. The number of alkyl halides is 3. The molecule has 0 saturated heterocycles. The van der Waals surface area contributed by atoms with Gasteiger partial charge in [0.1, 0.15) is 0 Å². The quantitative estimate of drug-likeness (QED) is 0.512. The van der Waals surface area contributed by atoms with E-state index in [0.717, 1.165) is 58.8 Å². The predicted molar refractivity (Wildman–Crippen MR) is 99.0 cm³/mol. The number of benzene rings is 1. The summed E-state index contributed by atoms with van der Waals surface area (Å²) in [6.07, 6.45) is 3.09. The minimum absolute atomic E-state index is 0.249. The first-order valence-electron chi connectivity index (χ1n) is 9.32. The molecule has 3 aromatic heterocycles. The number of halogens is 3. The largest absolute Gasteiger partial charge is 0.453 e. The average Bonchev–Trinajstić information content (AvgIpc) is 3.38. The summed E-state index contributed by atoms with van der Waals surface area (Å²) in [4.78, 5) is 3.89. The number of aryl methyl sites for hydroxylation is 1. The fourth-order valence-electron chi connectivity index (χ4n) is 4.33. The van der Waals surface area contributed by atoms with E-state index in [1.165, 1.54) is 4.52 Å². The first-order chi connectivity index (χ1) is 13.4. The lowest BCUT2D eigenvalue weighted by Crippen LogP contribution is -2.07. The Bertz CT molecular complexity index is 1180. The van der Waals surface area contributed by atoms with Gasteiger partial charge in [-0.15, -0.1) is 5.10 Å². The summed E-state index contributed by atoms with van der Waals surface area (Å²) < 4.78 is 41.0. The van der Waals surface area contributed by atoms with Crippen LogP contribution >= 0.6 is 0 Å². The Labute approximate surface area is 158 Å². The molecule has 0 spiro atoms. The summed E-state index contributed by atoms with van der Waals surface area (Å²) in [5.74, 6) is -0.787. The van der Waals surface area contributed by atoms with Crippen molar-refractivity contribution in [3.8, 4) is 11.1 Å². The van der Waals surface area contributed by atoms with E-state index in [1.807, 2.05) is 25.1 Å². The Hall–Kier alpha value is -2.90. The van der Waals surface area contributed by atoms with Crippen molar-refractivity contribution >= 4 is 16.6 Å². The lowest BCUT2D eigenvalue weighted by molar-refractivity contribution is -0.144. The van der Waals surface area contributed by atoms with Crippen molar-refractivity contribution in [3.05, 3.63) is 47.5 Å². The molecule has 0 amide bonds. The monoisotopic (exact) mass is 385 g/mol. The van der Waals surface area contributed by atoms with Gasteiger partial charge < -0.3 is 0 Å². The van der Waals surface area contributed by atoms with Crippen molar-refractivity contribution in [1.82, 2.24) is 24.8 Å². The van der Waals surface area contributed by atoms with Crippen LogP contribution in [0.15, 0.2) is 30.6 Å². The van der Waals surface area contributed by atoms with Crippen LogP contribution in [-0.2, 0) is 6.18 Å². The summed E-state index contributed by atoms with van der Waals surface area (Å²) in [6.45, 7) is 1.96. The minimum atomic E-state index is -4.58. The molecule has 0 unspecified atom stereocenters. The Morgan fingerprint density at radius 1 is 1.18 bits per heavy atom. The summed E-state index contributed by atoms with van der Waals surface area (Å²) in [5.41, 5.74) is 4.80. The van der Waals surface area contributed by atoms with Crippen LogP contribution < -0.4 is 0 Å². The molecule has 3 heterocycles. The SMILES string of the molecule is Cc1cc(-c2c(C3CCCC3)ccn3nc(C(F)(F)F)nc23)cc2cn[nH]c12. The van der Waals surface area contributed by atoms with Gasteiger partial charge in [-0.25, -0.2) is 9.50 Å². The molecule has 5 nitrogen and oxygen atoms in total. The Morgan fingerprint density at radius 2 is 1.96 bits per heavy atom. The van der Waals surface area contributed by atoms with Crippen LogP contribution in [0.2, 0.25) is 0 Å². The number of nitrogens with zero attached hydrogens (tertiary/aromatic N) is 4. The summed E-state index contributed by atoms with van der Waals surface area (Å²) in [7, 11) is 0. The number of hydrogen-bond acceptors (Lipinski definition) is 3. The van der Waals surface area contributed by atoms with Gasteiger partial charge in [0.15, 0.2) is 5.65 Å². The average molecular weight is 385 g/mol. The van der Waals surface area contributed by atoms with Crippen LogP contribution in [-0.4, -0.2) is 24.8 Å². The maximum atomic E-state index is 13.2. The second kappa shape index (κ2) is 6.05. The van der Waals surface area contributed by atoms with Gasteiger partial charge in [-0.1, -0.05) is 12.8 Å². The van der Waals surface area contributed by atoms with Crippen molar-refractivity contribution in [2.24, 2.45) is 0 Å². The zero-order chi connectivity index (χ0) is 19.5. The van der Waals surface area contributed by atoms with Crippen molar-refractivity contribution in [2.75, 3.05) is 0 Å². The Balaban J connectivity index is 1.81. The van der Waals surface area contributed by atoms with Crippen LogP contribution in [0, 0.1) is 6.92 Å². The maximum absolute atomic E-state index is 13.2. The minimum Gasteiger partial charge on any atom is -0.278 e. The molecule has 5 rings (SSSR count). The molecule has 0 radical (unpaired) electrons. The van der Waals surface area contributed by atoms with Crippen LogP contribution in [0.3, 0.4) is 0 Å². The second-order valence-electron chi connectivity index (χ2n) is 7.46. The molecule has 1 fully saturated rings. The van der Waals surface area contributed by atoms with E-state index in [1.54, 1.807) is 12.4 Å². The summed E-state index contributed by atoms with van der Waals surface area (Å²) in [5, 5.41) is 11.6. The first-order valence-corrected chi connectivity index (χ1v) is 9.32. The molecule has 28 heavy (non-hydrogen) atoms. The lowest BCUT2D eigenvalue weighted by atomic mass is 9.89. The third-order valence-corrected chi connectivity index (χ3v) is 5.62. The number of nitrogens with one attached hydrogen (secondary N) is 1. The summed E-state index contributed by atoms with van der Waals surface area (Å²) >= 11 is 0. The lowest BCUT2D eigenvalue weighted by Gasteiger charge is -2.17. The van der Waals surface area contributed by atoms with Crippen molar-refractivity contribution in [2.45, 2.75) is 44.7 Å². The van der Waals surface area contributed by atoms with Gasteiger partial charge in [-0.2, -0.15) is 18.3 Å². The molecule has 0 bridgehead atoms. The van der Waals surface area contributed by atoms with E-state index in [2.05, 4.69) is 20.3 Å². The topological polar surface area (TPSA) is 58.9 Å². The van der Waals surface area contributed by atoms with E-state index in [9.17, 15) is 13.2 Å².